The van der Waals surface area contributed by atoms with E-state index in [4.69, 9.17) is 10.5 Å². The number of ether oxygens (including phenoxy) is 1. The summed E-state index contributed by atoms with van der Waals surface area (Å²) in [5.41, 5.74) is 7.84. The van der Waals surface area contributed by atoms with E-state index in [2.05, 4.69) is 4.98 Å². The first kappa shape index (κ1) is 16.0. The van der Waals surface area contributed by atoms with Crippen molar-refractivity contribution in [3.8, 4) is 5.75 Å². The van der Waals surface area contributed by atoms with Gasteiger partial charge >= 0.3 is 0 Å². The van der Waals surface area contributed by atoms with E-state index in [0.29, 0.717) is 31.0 Å². The zero-order valence-corrected chi connectivity index (χ0v) is 13.0. The fraction of sp³-hybridized carbons (Fsp3) is 0.294. The van der Waals surface area contributed by atoms with E-state index in [1.807, 2.05) is 31.2 Å². The Morgan fingerprint density at radius 1 is 1.32 bits per heavy atom. The van der Waals surface area contributed by atoms with Gasteiger partial charge in [0.1, 0.15) is 5.75 Å². The van der Waals surface area contributed by atoms with Crippen molar-refractivity contribution in [3.63, 3.8) is 0 Å². The quantitative estimate of drug-likeness (QED) is 0.888. The molecule has 0 fully saturated rings. The minimum atomic E-state index is -0.0663. The van der Waals surface area contributed by atoms with Crippen LogP contribution in [-0.4, -0.2) is 29.4 Å². The van der Waals surface area contributed by atoms with Crippen LogP contribution in [0, 0.1) is 0 Å². The predicted molar refractivity (Wildman–Crippen MR) is 85.5 cm³/mol. The molecule has 2 N–H and O–H groups in total. The normalized spacial score (nSPS) is 10.3. The predicted octanol–water partition coefficient (Wildman–Crippen LogP) is 2.21. The fourth-order valence-corrected chi connectivity index (χ4v) is 2.20. The van der Waals surface area contributed by atoms with Crippen LogP contribution in [0.15, 0.2) is 42.6 Å². The highest BCUT2D eigenvalue weighted by Gasteiger charge is 2.14. The van der Waals surface area contributed by atoms with Gasteiger partial charge in [0, 0.05) is 37.5 Å². The Balaban J connectivity index is 2.14. The highest BCUT2D eigenvalue weighted by Crippen LogP contribution is 2.20. The van der Waals surface area contributed by atoms with E-state index in [1.54, 1.807) is 30.3 Å². The Labute approximate surface area is 130 Å². The van der Waals surface area contributed by atoms with Gasteiger partial charge in [-0.15, -0.1) is 0 Å². The molecule has 0 saturated carbocycles. The first-order valence-corrected chi connectivity index (χ1v) is 7.26. The lowest BCUT2D eigenvalue weighted by Gasteiger charge is -2.19. The molecule has 0 aliphatic carbocycles. The van der Waals surface area contributed by atoms with Crippen LogP contribution < -0.4 is 10.5 Å². The molecule has 2 aromatic rings. The molecule has 5 heteroatoms. The second-order valence-electron chi connectivity index (χ2n) is 4.94. The van der Waals surface area contributed by atoms with Crippen LogP contribution in [0.5, 0.6) is 5.75 Å². The average molecular weight is 299 g/mol. The van der Waals surface area contributed by atoms with Gasteiger partial charge in [-0.1, -0.05) is 18.2 Å². The van der Waals surface area contributed by atoms with Crippen molar-refractivity contribution in [1.82, 2.24) is 9.88 Å². The molecular formula is C17H21N3O2. The standard InChI is InChI=1S/C17H21N3O2/c1-3-22-16-7-5-4-6-14(16)12-20(2)17(21)13-8-9-19-15(10-13)11-18/h4-10H,3,11-12,18H2,1-2H3. The Morgan fingerprint density at radius 2 is 2.09 bits per heavy atom. The molecule has 0 unspecified atom stereocenters. The molecule has 22 heavy (non-hydrogen) atoms. The van der Waals surface area contributed by atoms with Gasteiger partial charge in [-0.2, -0.15) is 0 Å². The molecule has 0 saturated heterocycles. The Morgan fingerprint density at radius 3 is 2.82 bits per heavy atom. The lowest BCUT2D eigenvalue weighted by Crippen LogP contribution is -2.26. The monoisotopic (exact) mass is 299 g/mol. The van der Waals surface area contributed by atoms with Crippen LogP contribution >= 0.6 is 0 Å². The van der Waals surface area contributed by atoms with Gasteiger partial charge in [-0.3, -0.25) is 9.78 Å². The average Bonchev–Trinajstić information content (AvgIpc) is 2.56. The number of nitrogens with two attached hydrogens (primary N) is 1. The number of benzene rings is 1. The van der Waals surface area contributed by atoms with E-state index >= 15 is 0 Å². The lowest BCUT2D eigenvalue weighted by atomic mass is 10.1. The minimum absolute atomic E-state index is 0.0663. The van der Waals surface area contributed by atoms with Gasteiger partial charge in [-0.05, 0) is 25.1 Å². The van der Waals surface area contributed by atoms with Crippen molar-refractivity contribution in [2.45, 2.75) is 20.0 Å². The zero-order chi connectivity index (χ0) is 15.9. The van der Waals surface area contributed by atoms with Gasteiger partial charge in [0.2, 0.25) is 0 Å². The summed E-state index contributed by atoms with van der Waals surface area (Å²) >= 11 is 0. The maximum Gasteiger partial charge on any atom is 0.254 e. The molecule has 2 rings (SSSR count). The molecular weight excluding hydrogens is 278 g/mol. The maximum atomic E-state index is 12.5. The van der Waals surface area contributed by atoms with Crippen LogP contribution in [0.1, 0.15) is 28.5 Å². The van der Waals surface area contributed by atoms with E-state index < -0.39 is 0 Å². The highest BCUT2D eigenvalue weighted by molar-refractivity contribution is 5.94. The molecule has 1 aromatic heterocycles. The van der Waals surface area contributed by atoms with E-state index in [9.17, 15) is 4.79 Å². The summed E-state index contributed by atoms with van der Waals surface area (Å²) in [7, 11) is 1.77. The molecule has 0 atom stereocenters. The van der Waals surface area contributed by atoms with Gasteiger partial charge in [0.05, 0.1) is 12.3 Å². The first-order chi connectivity index (χ1) is 10.7. The van der Waals surface area contributed by atoms with Gasteiger partial charge in [0.25, 0.3) is 5.91 Å². The summed E-state index contributed by atoms with van der Waals surface area (Å²) in [5.74, 6) is 0.741. The van der Waals surface area contributed by atoms with Crippen molar-refractivity contribution in [2.75, 3.05) is 13.7 Å². The smallest absolute Gasteiger partial charge is 0.254 e. The summed E-state index contributed by atoms with van der Waals surface area (Å²) in [6.45, 7) is 3.34. The second kappa shape index (κ2) is 7.56. The number of nitrogens with zero attached hydrogens (tertiary/aromatic N) is 2. The summed E-state index contributed by atoms with van der Waals surface area (Å²) in [6.07, 6.45) is 1.61. The number of amides is 1. The molecule has 1 aromatic carbocycles. The number of carbonyl (C=O) groups is 1. The molecule has 116 valence electrons. The number of rotatable bonds is 6. The number of aromatic nitrogens is 1. The summed E-state index contributed by atoms with van der Waals surface area (Å²) < 4.78 is 5.60. The number of hydrogen-bond acceptors (Lipinski definition) is 4. The first-order valence-electron chi connectivity index (χ1n) is 7.26. The third-order valence-corrected chi connectivity index (χ3v) is 3.30. The molecule has 1 heterocycles. The van der Waals surface area contributed by atoms with Crippen LogP contribution in [0.25, 0.3) is 0 Å². The van der Waals surface area contributed by atoms with Crippen LogP contribution in [0.4, 0.5) is 0 Å². The number of pyridine rings is 1. The Hall–Kier alpha value is -2.40. The van der Waals surface area contributed by atoms with Crippen LogP contribution in [0.3, 0.4) is 0 Å². The van der Waals surface area contributed by atoms with Crippen molar-refractivity contribution in [2.24, 2.45) is 5.73 Å². The van der Waals surface area contributed by atoms with Crippen molar-refractivity contribution in [1.29, 1.82) is 0 Å². The molecule has 0 aliphatic heterocycles. The number of para-hydroxylation sites is 1. The summed E-state index contributed by atoms with van der Waals surface area (Å²) in [6, 6.07) is 11.2. The molecule has 5 nitrogen and oxygen atoms in total. The summed E-state index contributed by atoms with van der Waals surface area (Å²) in [5, 5.41) is 0. The van der Waals surface area contributed by atoms with E-state index in [-0.39, 0.29) is 5.91 Å². The topological polar surface area (TPSA) is 68.5 Å². The molecule has 0 bridgehead atoms. The van der Waals surface area contributed by atoms with Crippen LogP contribution in [-0.2, 0) is 13.1 Å². The maximum absolute atomic E-state index is 12.5. The van der Waals surface area contributed by atoms with E-state index in [0.717, 1.165) is 11.3 Å². The Kier molecular flexibility index (Phi) is 5.49. The van der Waals surface area contributed by atoms with Gasteiger partial charge in [0.15, 0.2) is 0 Å². The fourth-order valence-electron chi connectivity index (χ4n) is 2.20. The third kappa shape index (κ3) is 3.83. The molecule has 0 aliphatic rings. The van der Waals surface area contributed by atoms with Crippen molar-refractivity contribution in [3.05, 3.63) is 59.4 Å². The van der Waals surface area contributed by atoms with Gasteiger partial charge < -0.3 is 15.4 Å². The molecule has 1 amide bonds. The molecule has 0 radical (unpaired) electrons. The third-order valence-electron chi connectivity index (χ3n) is 3.30. The number of carbonyl (C=O) groups excluding carboxylic acids is 1. The Bertz CT molecular complexity index is 643. The summed E-state index contributed by atoms with van der Waals surface area (Å²) in [4.78, 5) is 18.3. The minimum Gasteiger partial charge on any atom is -0.494 e. The molecule has 0 spiro atoms. The lowest BCUT2D eigenvalue weighted by molar-refractivity contribution is 0.0783. The largest absolute Gasteiger partial charge is 0.494 e. The number of hydrogen-bond donors (Lipinski definition) is 1. The highest BCUT2D eigenvalue weighted by atomic mass is 16.5. The SMILES string of the molecule is CCOc1ccccc1CN(C)C(=O)c1ccnc(CN)c1. The van der Waals surface area contributed by atoms with Gasteiger partial charge in [-0.25, -0.2) is 0 Å². The van der Waals surface area contributed by atoms with Crippen molar-refractivity contribution >= 4 is 5.91 Å². The van der Waals surface area contributed by atoms with E-state index in [1.165, 1.54) is 0 Å². The second-order valence-corrected chi connectivity index (χ2v) is 4.94. The van der Waals surface area contributed by atoms with Crippen molar-refractivity contribution < 1.29 is 9.53 Å². The zero-order valence-electron chi connectivity index (χ0n) is 13.0. The van der Waals surface area contributed by atoms with Crippen LogP contribution in [0.2, 0.25) is 0 Å².